The largest absolute Gasteiger partial charge is 0.508 e. The van der Waals surface area contributed by atoms with E-state index in [9.17, 15) is 19.8 Å². The smallest absolute Gasteiger partial charge is 0.254 e. The number of β-amino-alcohol motifs (C(OH)–C–C–N with tert-alkyl or cyclic N) is 1. The van der Waals surface area contributed by atoms with Crippen LogP contribution in [-0.4, -0.2) is 143 Å². The van der Waals surface area contributed by atoms with E-state index in [2.05, 4.69) is 60.0 Å². The minimum absolute atomic E-state index is 0.0734. The van der Waals surface area contributed by atoms with Crippen LogP contribution in [0.25, 0.3) is 5.57 Å². The molecule has 0 radical (unpaired) electrons. The molecular weight excluding hydrogens is 702 g/mol. The molecule has 6 rings (SSSR count). The molecule has 3 N–H and O–H groups in total. The maximum atomic E-state index is 13.6. The zero-order chi connectivity index (χ0) is 39.4. The highest BCUT2D eigenvalue weighted by atomic mass is 16.5. The Kier molecular flexibility index (Phi) is 12.6. The number of hydrogen-bond acceptors (Lipinski definition) is 13. The van der Waals surface area contributed by atoms with Crippen LogP contribution in [-0.2, 0) is 9.59 Å². The fourth-order valence-electron chi connectivity index (χ4n) is 8.46. The lowest BCUT2D eigenvalue weighted by Crippen LogP contribution is -2.60. The molecule has 2 aromatic rings. The second-order valence-electron chi connectivity index (χ2n) is 15.6. The Morgan fingerprint density at radius 1 is 1.09 bits per heavy atom. The first-order chi connectivity index (χ1) is 26.4. The van der Waals surface area contributed by atoms with Crippen LogP contribution in [0.1, 0.15) is 57.4 Å². The minimum atomic E-state index is -0.752. The molecule has 0 aliphatic carbocycles. The van der Waals surface area contributed by atoms with Gasteiger partial charge in [-0.3, -0.25) is 19.4 Å². The molecule has 0 spiro atoms. The standard InChI is InChI=1S/C40H57N9O6/c1-8-9-31(27(6)50)32-19-33-38(43-42-32)48(26(4)5)23-29-22-46(14-15-47(29)33)21-28-10-12-45(13-11-28)16-17-54-36-20-35(55-44-36)37(25(2)3)40(53)49-24-30(51)18-34(49)39(52)41-7/h8-9,19-20,25,28-30,34,37,50-51H,1,4,6,10-18,21-24H2,2-3,5,7H3,(H,41,52)/b31-9+. The number of piperidine rings is 1. The molecule has 3 saturated heterocycles. The first kappa shape index (κ1) is 39.9. The molecule has 55 heavy (non-hydrogen) atoms. The summed E-state index contributed by atoms with van der Waals surface area (Å²) in [4.78, 5) is 37.1. The summed E-state index contributed by atoms with van der Waals surface area (Å²) in [7, 11) is 1.53. The fraction of sp³-hybridized carbons (Fsp3) is 0.575. The van der Waals surface area contributed by atoms with Gasteiger partial charge in [0.25, 0.3) is 5.88 Å². The van der Waals surface area contributed by atoms with E-state index in [1.807, 2.05) is 26.8 Å². The number of hydrogen-bond donors (Lipinski definition) is 3. The van der Waals surface area contributed by atoms with E-state index in [0.717, 1.165) is 82.4 Å². The number of amides is 2. The van der Waals surface area contributed by atoms with Gasteiger partial charge in [0.1, 0.15) is 24.3 Å². The maximum Gasteiger partial charge on any atom is 0.254 e. The molecule has 0 saturated carbocycles. The number of aromatic nitrogens is 3. The summed E-state index contributed by atoms with van der Waals surface area (Å²) in [6.07, 6.45) is 4.99. The Labute approximate surface area is 323 Å². The van der Waals surface area contributed by atoms with Crippen LogP contribution >= 0.6 is 0 Å². The third-order valence-electron chi connectivity index (χ3n) is 11.4. The van der Waals surface area contributed by atoms with Crippen LogP contribution < -0.4 is 19.9 Å². The summed E-state index contributed by atoms with van der Waals surface area (Å²) in [6.45, 7) is 25.4. The summed E-state index contributed by atoms with van der Waals surface area (Å²) in [5.41, 5.74) is 2.97. The lowest BCUT2D eigenvalue weighted by molar-refractivity contribution is -0.140. The molecule has 4 aliphatic heterocycles. The number of nitrogens with zero attached hydrogens (tertiary/aromatic N) is 8. The molecular formula is C40H57N9O6. The van der Waals surface area contributed by atoms with Crippen molar-refractivity contribution in [1.29, 1.82) is 0 Å². The molecule has 0 aromatic carbocycles. The normalized spacial score (nSPS) is 23.0. The van der Waals surface area contributed by atoms with Gasteiger partial charge >= 0.3 is 0 Å². The highest BCUT2D eigenvalue weighted by Gasteiger charge is 2.43. The van der Waals surface area contributed by atoms with Gasteiger partial charge in [0.2, 0.25) is 11.8 Å². The number of fused-ring (bicyclic) bond motifs is 3. The number of ether oxygens (including phenoxy) is 1. The minimum Gasteiger partial charge on any atom is -0.508 e. The Morgan fingerprint density at radius 3 is 2.53 bits per heavy atom. The van der Waals surface area contributed by atoms with E-state index in [-0.39, 0.29) is 42.5 Å². The quantitative estimate of drug-likeness (QED) is 0.190. The molecule has 6 heterocycles. The predicted molar refractivity (Wildman–Crippen MR) is 211 cm³/mol. The number of piperazine rings is 1. The number of carbonyl (C=O) groups excluding carboxylic acids is 2. The molecule has 2 amide bonds. The zero-order valence-electron chi connectivity index (χ0n) is 32.7. The van der Waals surface area contributed by atoms with Crippen LogP contribution in [0.4, 0.5) is 11.5 Å². The van der Waals surface area contributed by atoms with Gasteiger partial charge in [0.05, 0.1) is 23.5 Å². The Hall–Kier alpha value is -4.73. The highest BCUT2D eigenvalue weighted by molar-refractivity contribution is 5.91. The molecule has 4 unspecified atom stereocenters. The number of likely N-dealkylation sites (N-methyl/N-ethyl adjacent to an activating group) is 1. The van der Waals surface area contributed by atoms with Crippen molar-refractivity contribution in [1.82, 2.24) is 35.4 Å². The van der Waals surface area contributed by atoms with Crippen LogP contribution in [0.2, 0.25) is 0 Å². The van der Waals surface area contributed by atoms with Crippen molar-refractivity contribution in [2.45, 2.75) is 64.1 Å². The van der Waals surface area contributed by atoms with Crippen LogP contribution in [0.15, 0.2) is 60.0 Å². The topological polar surface area (TPSA) is 164 Å². The number of nitrogens with one attached hydrogen (secondary N) is 1. The van der Waals surface area contributed by atoms with Crippen molar-refractivity contribution in [3.8, 4) is 5.88 Å². The first-order valence-corrected chi connectivity index (χ1v) is 19.4. The SMILES string of the molecule is C=C/C=C(\C(=C)O)c1cc2c(nn1)N(C(=C)C)CC1CN(CC3CCN(CCOc4cc(C(C(=O)N5CC(O)CC5C(=O)NC)C(C)C)on4)CC3)CCN21. The number of likely N-dealkylation sites (tertiary alicyclic amines) is 2. The van der Waals surface area contributed by atoms with Crippen LogP contribution in [0.3, 0.4) is 0 Å². The molecule has 4 atom stereocenters. The van der Waals surface area contributed by atoms with Gasteiger partial charge in [-0.2, -0.15) is 0 Å². The van der Waals surface area contributed by atoms with Crippen molar-refractivity contribution in [2.24, 2.45) is 11.8 Å². The van der Waals surface area contributed by atoms with Gasteiger partial charge in [0, 0.05) is 76.6 Å². The van der Waals surface area contributed by atoms with Gasteiger partial charge in [-0.1, -0.05) is 39.7 Å². The number of carbonyl (C=O) groups is 2. The van der Waals surface area contributed by atoms with Crippen molar-refractivity contribution < 1.29 is 29.1 Å². The molecule has 298 valence electrons. The van der Waals surface area contributed by atoms with E-state index < -0.39 is 18.1 Å². The molecule has 2 aromatic heterocycles. The van der Waals surface area contributed by atoms with Crippen molar-refractivity contribution in [2.75, 3.05) is 82.4 Å². The Balaban J connectivity index is 0.979. The van der Waals surface area contributed by atoms with E-state index in [4.69, 9.17) is 9.26 Å². The Bertz CT molecular complexity index is 1770. The summed E-state index contributed by atoms with van der Waals surface area (Å²) < 4.78 is 11.6. The zero-order valence-corrected chi connectivity index (χ0v) is 32.7. The van der Waals surface area contributed by atoms with E-state index in [1.54, 1.807) is 18.2 Å². The third-order valence-corrected chi connectivity index (χ3v) is 11.4. The van der Waals surface area contributed by atoms with Crippen LogP contribution in [0, 0.1) is 11.8 Å². The summed E-state index contributed by atoms with van der Waals surface area (Å²) in [5, 5.41) is 36.1. The van der Waals surface area contributed by atoms with Crippen molar-refractivity contribution in [3.05, 3.63) is 66.9 Å². The Morgan fingerprint density at radius 2 is 1.85 bits per heavy atom. The molecule has 15 heteroatoms. The maximum absolute atomic E-state index is 13.6. The number of allylic oxidation sites excluding steroid dienone is 4. The molecule has 3 fully saturated rings. The third kappa shape index (κ3) is 8.89. The summed E-state index contributed by atoms with van der Waals surface area (Å²) >= 11 is 0. The lowest BCUT2D eigenvalue weighted by Gasteiger charge is -2.49. The fourth-order valence-corrected chi connectivity index (χ4v) is 8.46. The number of aliphatic hydroxyl groups excluding tert-OH is 2. The van der Waals surface area contributed by atoms with E-state index in [0.29, 0.717) is 35.4 Å². The number of rotatable bonds is 14. The second kappa shape index (κ2) is 17.4. The number of anilines is 2. The average molecular weight is 760 g/mol. The lowest BCUT2D eigenvalue weighted by atomic mass is 9.91. The van der Waals surface area contributed by atoms with Crippen molar-refractivity contribution >= 4 is 28.9 Å². The summed E-state index contributed by atoms with van der Waals surface area (Å²) in [5.74, 6) is 0.702. The average Bonchev–Trinajstić information content (AvgIpc) is 3.79. The predicted octanol–water partition coefficient (Wildman–Crippen LogP) is 3.19. The van der Waals surface area contributed by atoms with E-state index >= 15 is 0 Å². The van der Waals surface area contributed by atoms with Gasteiger partial charge in [-0.05, 0) is 62.0 Å². The summed E-state index contributed by atoms with van der Waals surface area (Å²) in [6, 6.07) is 3.21. The van der Waals surface area contributed by atoms with Gasteiger partial charge in [-0.25, -0.2) is 0 Å². The van der Waals surface area contributed by atoms with Gasteiger partial charge in [0.15, 0.2) is 11.6 Å². The van der Waals surface area contributed by atoms with E-state index in [1.165, 1.54) is 11.9 Å². The number of aliphatic hydroxyl groups is 2. The highest BCUT2D eigenvalue weighted by Crippen LogP contribution is 2.39. The monoisotopic (exact) mass is 759 g/mol. The van der Waals surface area contributed by atoms with Crippen molar-refractivity contribution in [3.63, 3.8) is 0 Å². The van der Waals surface area contributed by atoms with Gasteiger partial charge < -0.3 is 39.5 Å². The molecule has 0 bridgehead atoms. The molecule has 15 nitrogen and oxygen atoms in total. The first-order valence-electron chi connectivity index (χ1n) is 19.4. The second-order valence-corrected chi connectivity index (χ2v) is 15.6. The molecule has 4 aliphatic rings. The van der Waals surface area contributed by atoms with Gasteiger partial charge in [-0.15, -0.1) is 10.2 Å². The van der Waals surface area contributed by atoms with Crippen LogP contribution in [0.5, 0.6) is 5.88 Å².